The minimum Gasteiger partial charge on any atom is -0.354 e. The van der Waals surface area contributed by atoms with Crippen molar-refractivity contribution >= 4 is 32.3 Å². The van der Waals surface area contributed by atoms with Gasteiger partial charge in [0.15, 0.2) is 15.5 Å². The van der Waals surface area contributed by atoms with Crippen LogP contribution in [0.5, 0.6) is 0 Å². The zero-order valence-electron chi connectivity index (χ0n) is 16.4. The summed E-state index contributed by atoms with van der Waals surface area (Å²) < 4.78 is 26.4. The highest BCUT2D eigenvalue weighted by atomic mass is 32.2. The topological polar surface area (TPSA) is 78.5 Å². The van der Waals surface area contributed by atoms with E-state index in [2.05, 4.69) is 29.2 Å². The minimum atomic E-state index is -3.00. The van der Waals surface area contributed by atoms with Crippen LogP contribution in [0, 0.1) is 18.3 Å². The molecule has 0 amide bonds. The Morgan fingerprint density at radius 2 is 2.07 bits per heavy atom. The van der Waals surface area contributed by atoms with Gasteiger partial charge < -0.3 is 4.90 Å². The van der Waals surface area contributed by atoms with Crippen molar-refractivity contribution in [3.05, 3.63) is 41.0 Å². The van der Waals surface area contributed by atoms with E-state index in [-0.39, 0.29) is 17.5 Å². The van der Waals surface area contributed by atoms with E-state index in [0.717, 1.165) is 34.4 Å². The van der Waals surface area contributed by atoms with Crippen molar-refractivity contribution in [2.45, 2.75) is 39.7 Å². The molecule has 4 rings (SSSR count). The highest BCUT2D eigenvalue weighted by Crippen LogP contribution is 2.35. The smallest absolute Gasteiger partial charge is 0.157 e. The molecule has 146 valence electrons. The molecule has 0 bridgehead atoms. The number of sulfone groups is 1. The van der Waals surface area contributed by atoms with Crippen LogP contribution in [-0.4, -0.2) is 41.9 Å². The fourth-order valence-corrected chi connectivity index (χ4v) is 6.22. The van der Waals surface area contributed by atoms with Gasteiger partial charge in [-0.25, -0.2) is 13.4 Å². The van der Waals surface area contributed by atoms with Crippen molar-refractivity contribution in [1.29, 1.82) is 5.26 Å². The second-order valence-electron chi connectivity index (χ2n) is 7.37. The summed E-state index contributed by atoms with van der Waals surface area (Å²) in [6, 6.07) is 10.1. The average Bonchev–Trinajstić information content (AvgIpc) is 3.22. The van der Waals surface area contributed by atoms with Gasteiger partial charge in [0, 0.05) is 12.6 Å². The zero-order valence-corrected chi connectivity index (χ0v) is 17.3. The van der Waals surface area contributed by atoms with E-state index in [9.17, 15) is 13.7 Å². The third-order valence-electron chi connectivity index (χ3n) is 5.82. The maximum absolute atomic E-state index is 12.2. The molecule has 0 saturated carbocycles. The first-order chi connectivity index (χ1) is 13.4. The molecule has 1 unspecified atom stereocenters. The highest BCUT2D eigenvalue weighted by molar-refractivity contribution is 7.91. The van der Waals surface area contributed by atoms with E-state index in [1.54, 1.807) is 0 Å². The molecule has 0 N–H and O–H groups in total. The zero-order chi connectivity index (χ0) is 20.1. The van der Waals surface area contributed by atoms with Crippen molar-refractivity contribution in [1.82, 2.24) is 9.38 Å². The molecule has 1 aromatic carbocycles. The quantitative estimate of drug-likeness (QED) is 0.676. The van der Waals surface area contributed by atoms with E-state index in [1.807, 2.05) is 31.2 Å². The maximum Gasteiger partial charge on any atom is 0.157 e. The molecule has 28 heavy (non-hydrogen) atoms. The molecule has 7 heteroatoms. The van der Waals surface area contributed by atoms with E-state index in [4.69, 9.17) is 4.98 Å². The third kappa shape index (κ3) is 2.75. The molecule has 1 fully saturated rings. The van der Waals surface area contributed by atoms with E-state index >= 15 is 0 Å². The molecule has 1 aliphatic heterocycles. The fourth-order valence-electron chi connectivity index (χ4n) is 4.49. The summed E-state index contributed by atoms with van der Waals surface area (Å²) in [4.78, 5) is 6.96. The first-order valence-electron chi connectivity index (χ1n) is 9.71. The van der Waals surface area contributed by atoms with Gasteiger partial charge in [0.05, 0.1) is 28.1 Å². The van der Waals surface area contributed by atoms with Crippen LogP contribution in [0.1, 0.15) is 37.0 Å². The van der Waals surface area contributed by atoms with Crippen LogP contribution < -0.4 is 4.90 Å². The van der Waals surface area contributed by atoms with Crippen molar-refractivity contribution in [2.24, 2.45) is 0 Å². The molecule has 0 spiro atoms. The van der Waals surface area contributed by atoms with Gasteiger partial charge >= 0.3 is 0 Å². The van der Waals surface area contributed by atoms with Crippen LogP contribution in [0.3, 0.4) is 0 Å². The third-order valence-corrected chi connectivity index (χ3v) is 7.57. The molecule has 0 aliphatic carbocycles. The van der Waals surface area contributed by atoms with Crippen molar-refractivity contribution < 1.29 is 8.42 Å². The number of anilines is 1. The molecule has 0 radical (unpaired) electrons. The maximum atomic E-state index is 12.2. The number of pyridine rings is 1. The molecular weight excluding hydrogens is 372 g/mol. The molecule has 3 aromatic rings. The lowest BCUT2D eigenvalue weighted by Gasteiger charge is -2.32. The summed E-state index contributed by atoms with van der Waals surface area (Å²) in [7, 11) is -3.00. The lowest BCUT2D eigenvalue weighted by Crippen LogP contribution is -2.38. The lowest BCUT2D eigenvalue weighted by molar-refractivity contribution is 0.599. The second-order valence-corrected chi connectivity index (χ2v) is 9.60. The van der Waals surface area contributed by atoms with Gasteiger partial charge in [-0.15, -0.1) is 0 Å². The number of para-hydroxylation sites is 2. The van der Waals surface area contributed by atoms with Crippen LogP contribution in [0.2, 0.25) is 0 Å². The Labute approximate surface area is 165 Å². The highest BCUT2D eigenvalue weighted by Gasteiger charge is 2.34. The first-order valence-corrected chi connectivity index (χ1v) is 11.5. The van der Waals surface area contributed by atoms with Crippen molar-refractivity contribution in [2.75, 3.05) is 23.0 Å². The molecular formula is C21H24N4O2S. The Morgan fingerprint density at radius 3 is 2.68 bits per heavy atom. The summed E-state index contributed by atoms with van der Waals surface area (Å²) in [6.07, 6.45) is 1.39. The number of nitrogens with zero attached hydrogens (tertiary/aromatic N) is 4. The Hall–Kier alpha value is -2.59. The minimum absolute atomic E-state index is 0.0583. The van der Waals surface area contributed by atoms with Crippen molar-refractivity contribution in [3.8, 4) is 6.07 Å². The molecule has 3 heterocycles. The number of hydrogen-bond donors (Lipinski definition) is 0. The number of fused-ring (bicyclic) bond motifs is 3. The summed E-state index contributed by atoms with van der Waals surface area (Å²) >= 11 is 0. The second kappa shape index (κ2) is 6.78. The predicted molar refractivity (Wildman–Crippen MR) is 112 cm³/mol. The fraction of sp³-hybridized carbons (Fsp3) is 0.429. The van der Waals surface area contributed by atoms with Gasteiger partial charge in [-0.05, 0) is 49.9 Å². The van der Waals surface area contributed by atoms with Crippen LogP contribution >= 0.6 is 0 Å². The summed E-state index contributed by atoms with van der Waals surface area (Å²) in [6.45, 7) is 6.81. The monoisotopic (exact) mass is 396 g/mol. The van der Waals surface area contributed by atoms with Gasteiger partial charge in [-0.3, -0.25) is 4.40 Å². The molecule has 1 saturated heterocycles. The number of rotatable bonds is 4. The Kier molecular flexibility index (Phi) is 4.54. The number of benzene rings is 1. The normalized spacial score (nSPS) is 18.6. The molecule has 1 atom stereocenters. The van der Waals surface area contributed by atoms with E-state index in [0.29, 0.717) is 24.2 Å². The number of aromatic nitrogens is 2. The summed E-state index contributed by atoms with van der Waals surface area (Å²) in [5, 5.41) is 9.83. The van der Waals surface area contributed by atoms with Crippen LogP contribution in [0.25, 0.3) is 16.7 Å². The van der Waals surface area contributed by atoms with Gasteiger partial charge in [-0.2, -0.15) is 5.26 Å². The van der Waals surface area contributed by atoms with Crippen molar-refractivity contribution in [3.63, 3.8) is 0 Å². The van der Waals surface area contributed by atoms with Gasteiger partial charge in [0.2, 0.25) is 0 Å². The number of hydrogen-bond acceptors (Lipinski definition) is 5. The SMILES string of the molecule is CCc1c(C)c(C#N)c2nc3ccccc3n2c1N(CC)C1CCS(=O)(=O)C1. The van der Waals surface area contributed by atoms with Gasteiger partial charge in [0.25, 0.3) is 0 Å². The Bertz CT molecular complexity index is 1220. The standard InChI is InChI=1S/C21H24N4O2S/c1-4-16-14(3)17(12-22)20-23-18-8-6-7-9-19(18)25(20)21(16)24(5-2)15-10-11-28(26,27)13-15/h6-9,15H,4-5,10-11,13H2,1-3H3. The van der Waals surface area contributed by atoms with E-state index in [1.165, 1.54) is 0 Å². The molecule has 1 aliphatic rings. The van der Waals surface area contributed by atoms with Gasteiger partial charge in [-0.1, -0.05) is 19.1 Å². The number of nitriles is 1. The summed E-state index contributed by atoms with van der Waals surface area (Å²) in [5.41, 5.74) is 5.03. The predicted octanol–water partition coefficient (Wildman–Crippen LogP) is 3.24. The van der Waals surface area contributed by atoms with E-state index < -0.39 is 9.84 Å². The largest absolute Gasteiger partial charge is 0.354 e. The van der Waals surface area contributed by atoms with Crippen LogP contribution in [0.4, 0.5) is 5.82 Å². The molecule has 6 nitrogen and oxygen atoms in total. The number of imidazole rings is 1. The van der Waals surface area contributed by atoms with Crippen LogP contribution in [-0.2, 0) is 16.3 Å². The summed E-state index contributed by atoms with van der Waals surface area (Å²) in [5.74, 6) is 1.39. The average molecular weight is 397 g/mol. The lowest BCUT2D eigenvalue weighted by atomic mass is 10.0. The van der Waals surface area contributed by atoms with Crippen LogP contribution in [0.15, 0.2) is 24.3 Å². The Balaban J connectivity index is 2.10. The molecule has 2 aromatic heterocycles. The first kappa shape index (κ1) is 18.8. The van der Waals surface area contributed by atoms with Gasteiger partial charge in [0.1, 0.15) is 11.9 Å². The Morgan fingerprint density at radius 1 is 1.32 bits per heavy atom.